The first-order chi connectivity index (χ1) is 7.66. The highest BCUT2D eigenvalue weighted by Gasteiger charge is 2.18. The minimum absolute atomic E-state index is 0.332. The van der Waals surface area contributed by atoms with Crippen LogP contribution in [-0.2, 0) is 11.2 Å². The van der Waals surface area contributed by atoms with Gasteiger partial charge in [-0.05, 0) is 24.8 Å². The van der Waals surface area contributed by atoms with Gasteiger partial charge in [-0.1, -0.05) is 19.8 Å². The van der Waals surface area contributed by atoms with Crippen molar-refractivity contribution in [3.05, 3.63) is 18.0 Å². The normalized spacial score (nSPS) is 18.8. The van der Waals surface area contributed by atoms with Crippen LogP contribution >= 0.6 is 0 Å². The van der Waals surface area contributed by atoms with Crippen molar-refractivity contribution in [1.29, 1.82) is 0 Å². The molecular formula is C12H18N2O2. The molecule has 1 fully saturated rings. The molecular weight excluding hydrogens is 204 g/mol. The van der Waals surface area contributed by atoms with Gasteiger partial charge in [0.05, 0.1) is 18.2 Å². The number of rotatable bonds is 4. The average molecular weight is 222 g/mol. The van der Waals surface area contributed by atoms with Crippen LogP contribution in [0.3, 0.4) is 0 Å². The first-order valence-corrected chi connectivity index (χ1v) is 5.92. The van der Waals surface area contributed by atoms with Crippen LogP contribution in [0.25, 0.3) is 0 Å². The van der Waals surface area contributed by atoms with Crippen LogP contribution in [0.1, 0.15) is 44.2 Å². The Bertz CT molecular complexity index is 367. The van der Waals surface area contributed by atoms with Gasteiger partial charge in [0, 0.05) is 6.20 Å². The summed E-state index contributed by atoms with van der Waals surface area (Å²) in [6.07, 6.45) is 9.36. The monoisotopic (exact) mass is 222 g/mol. The van der Waals surface area contributed by atoms with Gasteiger partial charge in [0.15, 0.2) is 0 Å². The maximum Gasteiger partial charge on any atom is 0.306 e. The fraction of sp³-hybridized carbons (Fsp3) is 0.667. The van der Waals surface area contributed by atoms with Crippen molar-refractivity contribution < 1.29 is 9.90 Å². The molecule has 0 bridgehead atoms. The van der Waals surface area contributed by atoms with E-state index in [0.717, 1.165) is 5.56 Å². The SMILES string of the molecule is CC(Cc1cnn(C2CCCC2)c1)C(=O)O. The van der Waals surface area contributed by atoms with Crippen molar-refractivity contribution in [2.45, 2.75) is 45.1 Å². The molecule has 1 unspecified atom stereocenters. The van der Waals surface area contributed by atoms with E-state index in [1.54, 1.807) is 13.1 Å². The Labute approximate surface area is 95.3 Å². The van der Waals surface area contributed by atoms with Crippen molar-refractivity contribution >= 4 is 5.97 Å². The highest BCUT2D eigenvalue weighted by atomic mass is 16.4. The molecule has 1 aromatic rings. The molecule has 2 rings (SSSR count). The molecule has 1 aliphatic carbocycles. The molecule has 1 aliphatic rings. The summed E-state index contributed by atoms with van der Waals surface area (Å²) >= 11 is 0. The van der Waals surface area contributed by atoms with Crippen molar-refractivity contribution in [2.75, 3.05) is 0 Å². The fourth-order valence-corrected chi connectivity index (χ4v) is 2.29. The molecule has 0 radical (unpaired) electrons. The van der Waals surface area contributed by atoms with Crippen molar-refractivity contribution in [2.24, 2.45) is 5.92 Å². The highest BCUT2D eigenvalue weighted by Crippen LogP contribution is 2.28. The fourth-order valence-electron chi connectivity index (χ4n) is 2.29. The number of hydrogen-bond donors (Lipinski definition) is 1. The summed E-state index contributed by atoms with van der Waals surface area (Å²) in [5.74, 6) is -1.07. The summed E-state index contributed by atoms with van der Waals surface area (Å²) in [4.78, 5) is 10.7. The number of aliphatic carboxylic acids is 1. The molecule has 0 aliphatic heterocycles. The Morgan fingerprint density at radius 3 is 2.94 bits per heavy atom. The van der Waals surface area contributed by atoms with E-state index in [-0.39, 0.29) is 5.92 Å². The molecule has 1 heterocycles. The third-order valence-corrected chi connectivity index (χ3v) is 3.32. The molecule has 1 atom stereocenters. The van der Waals surface area contributed by atoms with Crippen LogP contribution in [0.15, 0.2) is 12.4 Å². The lowest BCUT2D eigenvalue weighted by Gasteiger charge is -2.08. The summed E-state index contributed by atoms with van der Waals surface area (Å²) in [7, 11) is 0. The summed E-state index contributed by atoms with van der Waals surface area (Å²) < 4.78 is 2.01. The van der Waals surface area contributed by atoms with Gasteiger partial charge in [0.2, 0.25) is 0 Å². The van der Waals surface area contributed by atoms with E-state index in [1.807, 2.05) is 10.9 Å². The first-order valence-electron chi connectivity index (χ1n) is 5.92. The minimum Gasteiger partial charge on any atom is -0.481 e. The van der Waals surface area contributed by atoms with Crippen LogP contribution in [0, 0.1) is 5.92 Å². The topological polar surface area (TPSA) is 55.1 Å². The van der Waals surface area contributed by atoms with E-state index < -0.39 is 5.97 Å². The van der Waals surface area contributed by atoms with Crippen molar-refractivity contribution in [3.8, 4) is 0 Å². The Morgan fingerprint density at radius 1 is 1.62 bits per heavy atom. The van der Waals surface area contributed by atoms with Crippen LogP contribution in [0.4, 0.5) is 0 Å². The summed E-state index contributed by atoms with van der Waals surface area (Å²) in [5.41, 5.74) is 1.03. The molecule has 0 amide bonds. The average Bonchev–Trinajstić information content (AvgIpc) is 2.85. The van der Waals surface area contributed by atoms with E-state index in [4.69, 9.17) is 5.11 Å². The van der Waals surface area contributed by atoms with Gasteiger partial charge >= 0.3 is 5.97 Å². The van der Waals surface area contributed by atoms with Crippen LogP contribution in [-0.4, -0.2) is 20.9 Å². The van der Waals surface area contributed by atoms with Gasteiger partial charge in [0.1, 0.15) is 0 Å². The van der Waals surface area contributed by atoms with E-state index in [0.29, 0.717) is 12.5 Å². The van der Waals surface area contributed by atoms with Gasteiger partial charge in [-0.2, -0.15) is 5.10 Å². The summed E-state index contributed by atoms with van der Waals surface area (Å²) in [5, 5.41) is 13.2. The number of nitrogens with zero attached hydrogens (tertiary/aromatic N) is 2. The lowest BCUT2D eigenvalue weighted by atomic mass is 10.0. The molecule has 1 N–H and O–H groups in total. The third-order valence-electron chi connectivity index (χ3n) is 3.32. The van der Waals surface area contributed by atoms with E-state index >= 15 is 0 Å². The Morgan fingerprint density at radius 2 is 2.31 bits per heavy atom. The zero-order valence-corrected chi connectivity index (χ0v) is 9.59. The van der Waals surface area contributed by atoms with Crippen LogP contribution in [0.2, 0.25) is 0 Å². The molecule has 4 nitrogen and oxygen atoms in total. The van der Waals surface area contributed by atoms with Gasteiger partial charge in [-0.3, -0.25) is 9.48 Å². The van der Waals surface area contributed by atoms with Gasteiger partial charge in [-0.15, -0.1) is 0 Å². The summed E-state index contributed by atoms with van der Waals surface area (Å²) in [6.45, 7) is 1.73. The molecule has 1 aromatic heterocycles. The quantitative estimate of drug-likeness (QED) is 0.850. The zero-order chi connectivity index (χ0) is 11.5. The molecule has 0 spiro atoms. The van der Waals surface area contributed by atoms with Crippen molar-refractivity contribution in [1.82, 2.24) is 9.78 Å². The predicted octanol–water partition coefficient (Wildman–Crippen LogP) is 2.26. The number of carboxylic acids is 1. The second-order valence-corrected chi connectivity index (χ2v) is 4.71. The maximum atomic E-state index is 10.7. The van der Waals surface area contributed by atoms with Gasteiger partial charge in [-0.25, -0.2) is 0 Å². The van der Waals surface area contributed by atoms with E-state index in [9.17, 15) is 4.79 Å². The number of aromatic nitrogens is 2. The molecule has 4 heteroatoms. The predicted molar refractivity (Wildman–Crippen MR) is 60.2 cm³/mol. The van der Waals surface area contributed by atoms with Crippen molar-refractivity contribution in [3.63, 3.8) is 0 Å². The largest absolute Gasteiger partial charge is 0.481 e. The second-order valence-electron chi connectivity index (χ2n) is 4.71. The molecule has 0 aromatic carbocycles. The lowest BCUT2D eigenvalue weighted by Crippen LogP contribution is -2.12. The van der Waals surface area contributed by atoms with Gasteiger partial charge in [0.25, 0.3) is 0 Å². The Balaban J connectivity index is 1.99. The van der Waals surface area contributed by atoms with E-state index in [2.05, 4.69) is 5.10 Å². The van der Waals surface area contributed by atoms with Crippen LogP contribution < -0.4 is 0 Å². The smallest absolute Gasteiger partial charge is 0.306 e. The summed E-state index contributed by atoms with van der Waals surface area (Å²) in [6, 6.07) is 0.536. The third kappa shape index (κ3) is 2.43. The Hall–Kier alpha value is -1.32. The first kappa shape index (κ1) is 11.2. The molecule has 88 valence electrons. The lowest BCUT2D eigenvalue weighted by molar-refractivity contribution is -0.141. The zero-order valence-electron chi connectivity index (χ0n) is 9.59. The number of hydrogen-bond acceptors (Lipinski definition) is 2. The van der Waals surface area contributed by atoms with Crippen LogP contribution in [0.5, 0.6) is 0 Å². The Kier molecular flexibility index (Phi) is 3.27. The second kappa shape index (κ2) is 4.68. The molecule has 0 saturated heterocycles. The number of carboxylic acid groups (broad SMARTS) is 1. The standard InChI is InChI=1S/C12H18N2O2/c1-9(12(15)16)6-10-7-13-14(8-10)11-4-2-3-5-11/h7-9,11H,2-6H2,1H3,(H,15,16). The van der Waals surface area contributed by atoms with Gasteiger partial charge < -0.3 is 5.11 Å². The highest BCUT2D eigenvalue weighted by molar-refractivity contribution is 5.69. The van der Waals surface area contributed by atoms with E-state index in [1.165, 1.54) is 25.7 Å². The molecule has 1 saturated carbocycles. The maximum absolute atomic E-state index is 10.7. The number of carbonyl (C=O) groups is 1. The minimum atomic E-state index is -0.742. The molecule has 16 heavy (non-hydrogen) atoms.